The topological polar surface area (TPSA) is 54.3 Å². The van der Waals surface area contributed by atoms with Gasteiger partial charge in [-0.05, 0) is 44.7 Å². The summed E-state index contributed by atoms with van der Waals surface area (Å²) >= 11 is 0. The Morgan fingerprint density at radius 3 is 2.47 bits per heavy atom. The fraction of sp³-hybridized carbons (Fsp3) is 0.500. The van der Waals surface area contributed by atoms with Gasteiger partial charge in [0, 0.05) is 44.5 Å². The van der Waals surface area contributed by atoms with Crippen LogP contribution in [0.2, 0.25) is 0 Å². The minimum atomic E-state index is 0.0970. The number of benzene rings is 1. The molecule has 2 aromatic heterocycles. The zero-order valence-electron chi connectivity index (χ0n) is 20.0. The molecule has 32 heavy (non-hydrogen) atoms. The Labute approximate surface area is 191 Å². The van der Waals surface area contributed by atoms with Gasteiger partial charge in [-0.15, -0.1) is 0 Å². The predicted molar refractivity (Wildman–Crippen MR) is 129 cm³/mol. The van der Waals surface area contributed by atoms with Crippen LogP contribution in [0.4, 0.5) is 0 Å². The molecule has 0 saturated carbocycles. The van der Waals surface area contributed by atoms with Crippen LogP contribution in [0.1, 0.15) is 73.3 Å². The van der Waals surface area contributed by atoms with E-state index < -0.39 is 0 Å². The highest BCUT2D eigenvalue weighted by Gasteiger charge is 2.25. The summed E-state index contributed by atoms with van der Waals surface area (Å²) in [6.07, 6.45) is 2.79. The number of nitrogens with zero attached hydrogens (tertiary/aromatic N) is 5. The summed E-state index contributed by atoms with van der Waals surface area (Å²) in [4.78, 5) is 23.0. The molecule has 1 amide bonds. The van der Waals surface area contributed by atoms with E-state index in [0.29, 0.717) is 0 Å². The average Bonchev–Trinajstić information content (AvgIpc) is 3.07. The molecule has 1 aliphatic heterocycles. The maximum Gasteiger partial charge on any atom is 0.254 e. The lowest BCUT2D eigenvalue weighted by Crippen LogP contribution is -2.35. The van der Waals surface area contributed by atoms with Gasteiger partial charge >= 0.3 is 0 Å². The lowest BCUT2D eigenvalue weighted by molar-refractivity contribution is 0.0763. The number of carbonyl (C=O) groups is 1. The SMILES string of the molecule is Cc1ccc(CN2CCCN(C(=O)c3cc(C(C)C)nc4c3cnn4C(C)C)CC2)cc1. The molecule has 6 nitrogen and oxygen atoms in total. The van der Waals surface area contributed by atoms with Gasteiger partial charge in [0.2, 0.25) is 0 Å². The highest BCUT2D eigenvalue weighted by atomic mass is 16.2. The van der Waals surface area contributed by atoms with Crippen molar-refractivity contribution < 1.29 is 4.79 Å². The Kier molecular flexibility index (Phi) is 6.60. The van der Waals surface area contributed by atoms with Crippen molar-refractivity contribution >= 4 is 16.9 Å². The molecule has 0 aliphatic carbocycles. The van der Waals surface area contributed by atoms with E-state index in [1.807, 2.05) is 15.6 Å². The molecule has 0 atom stereocenters. The van der Waals surface area contributed by atoms with Crippen molar-refractivity contribution in [1.82, 2.24) is 24.6 Å². The largest absolute Gasteiger partial charge is 0.337 e. The molecule has 170 valence electrons. The second-order valence-electron chi connectivity index (χ2n) is 9.58. The summed E-state index contributed by atoms with van der Waals surface area (Å²) in [5.41, 5.74) is 5.10. The van der Waals surface area contributed by atoms with E-state index in [1.165, 1.54) is 11.1 Å². The first kappa shape index (κ1) is 22.5. The van der Waals surface area contributed by atoms with Crippen LogP contribution in [-0.4, -0.2) is 56.7 Å². The fourth-order valence-corrected chi connectivity index (χ4v) is 4.34. The third-order valence-corrected chi connectivity index (χ3v) is 6.30. The van der Waals surface area contributed by atoms with Crippen molar-refractivity contribution in [3.63, 3.8) is 0 Å². The van der Waals surface area contributed by atoms with E-state index in [0.717, 1.165) is 61.4 Å². The van der Waals surface area contributed by atoms with Gasteiger partial charge in [0.05, 0.1) is 17.1 Å². The Balaban J connectivity index is 1.55. The third-order valence-electron chi connectivity index (χ3n) is 6.30. The van der Waals surface area contributed by atoms with Crippen LogP contribution >= 0.6 is 0 Å². The van der Waals surface area contributed by atoms with E-state index in [2.05, 4.69) is 68.9 Å². The van der Waals surface area contributed by atoms with Crippen molar-refractivity contribution in [3.05, 3.63) is 58.9 Å². The Morgan fingerprint density at radius 2 is 1.78 bits per heavy atom. The molecular weight excluding hydrogens is 398 g/mol. The van der Waals surface area contributed by atoms with E-state index in [-0.39, 0.29) is 17.9 Å². The van der Waals surface area contributed by atoms with Crippen LogP contribution in [0.3, 0.4) is 0 Å². The van der Waals surface area contributed by atoms with Gasteiger partial charge in [0.25, 0.3) is 5.91 Å². The van der Waals surface area contributed by atoms with E-state index in [9.17, 15) is 4.79 Å². The second kappa shape index (κ2) is 9.41. The van der Waals surface area contributed by atoms with Crippen molar-refractivity contribution in [2.75, 3.05) is 26.2 Å². The van der Waals surface area contributed by atoms with Crippen molar-refractivity contribution in [2.45, 2.75) is 59.5 Å². The van der Waals surface area contributed by atoms with Crippen LogP contribution in [0.25, 0.3) is 11.0 Å². The van der Waals surface area contributed by atoms with Crippen molar-refractivity contribution in [1.29, 1.82) is 0 Å². The summed E-state index contributed by atoms with van der Waals surface area (Å²) in [7, 11) is 0. The van der Waals surface area contributed by atoms with Crippen LogP contribution in [0.15, 0.2) is 36.5 Å². The van der Waals surface area contributed by atoms with Crippen LogP contribution in [0.5, 0.6) is 0 Å². The van der Waals surface area contributed by atoms with E-state index in [4.69, 9.17) is 4.98 Å². The molecule has 0 N–H and O–H groups in total. The molecule has 0 radical (unpaired) electrons. The maximum absolute atomic E-state index is 13.7. The minimum absolute atomic E-state index is 0.0970. The van der Waals surface area contributed by atoms with Crippen LogP contribution in [-0.2, 0) is 6.54 Å². The molecule has 1 aromatic carbocycles. The summed E-state index contributed by atoms with van der Waals surface area (Å²) in [5, 5.41) is 5.40. The average molecular weight is 434 g/mol. The van der Waals surface area contributed by atoms with Gasteiger partial charge in [0.15, 0.2) is 5.65 Å². The van der Waals surface area contributed by atoms with Crippen molar-refractivity contribution in [3.8, 4) is 0 Å². The first-order valence-electron chi connectivity index (χ1n) is 11.8. The fourth-order valence-electron chi connectivity index (χ4n) is 4.34. The predicted octanol–water partition coefficient (Wildman–Crippen LogP) is 4.79. The summed E-state index contributed by atoms with van der Waals surface area (Å²) in [5.74, 6) is 0.343. The number of fused-ring (bicyclic) bond motifs is 1. The zero-order valence-corrected chi connectivity index (χ0v) is 20.0. The van der Waals surface area contributed by atoms with Gasteiger partial charge < -0.3 is 4.90 Å². The monoisotopic (exact) mass is 433 g/mol. The second-order valence-corrected chi connectivity index (χ2v) is 9.58. The number of amides is 1. The molecule has 1 saturated heterocycles. The number of pyridine rings is 1. The highest BCUT2D eigenvalue weighted by molar-refractivity contribution is 6.05. The molecule has 1 aliphatic rings. The van der Waals surface area contributed by atoms with Crippen LogP contribution in [0, 0.1) is 6.92 Å². The molecule has 0 spiro atoms. The molecule has 3 aromatic rings. The number of carbonyl (C=O) groups excluding carboxylic acids is 1. The number of rotatable bonds is 5. The minimum Gasteiger partial charge on any atom is -0.337 e. The van der Waals surface area contributed by atoms with Gasteiger partial charge in [-0.2, -0.15) is 5.10 Å². The zero-order chi connectivity index (χ0) is 22.8. The maximum atomic E-state index is 13.7. The normalized spacial score (nSPS) is 15.7. The first-order chi connectivity index (χ1) is 15.3. The van der Waals surface area contributed by atoms with Gasteiger partial charge in [-0.25, -0.2) is 9.67 Å². The molecule has 0 unspecified atom stereocenters. The number of hydrogen-bond donors (Lipinski definition) is 0. The molecule has 4 rings (SSSR count). The van der Waals surface area contributed by atoms with Crippen LogP contribution < -0.4 is 0 Å². The van der Waals surface area contributed by atoms with E-state index in [1.54, 1.807) is 6.20 Å². The molecule has 1 fully saturated rings. The lowest BCUT2D eigenvalue weighted by Gasteiger charge is -2.23. The highest BCUT2D eigenvalue weighted by Crippen LogP contribution is 2.26. The van der Waals surface area contributed by atoms with Gasteiger partial charge in [-0.1, -0.05) is 43.7 Å². The Bertz CT molecular complexity index is 1080. The quantitative estimate of drug-likeness (QED) is 0.580. The van der Waals surface area contributed by atoms with E-state index >= 15 is 0 Å². The lowest BCUT2D eigenvalue weighted by atomic mass is 10.0. The smallest absolute Gasteiger partial charge is 0.254 e. The Hall–Kier alpha value is -2.73. The number of hydrogen-bond acceptors (Lipinski definition) is 4. The number of aromatic nitrogens is 3. The summed E-state index contributed by atoms with van der Waals surface area (Å²) in [6, 6.07) is 10.9. The number of aryl methyl sites for hydroxylation is 1. The summed E-state index contributed by atoms with van der Waals surface area (Å²) in [6.45, 7) is 14.9. The molecule has 6 heteroatoms. The molecular formula is C26H35N5O. The molecule has 0 bridgehead atoms. The first-order valence-corrected chi connectivity index (χ1v) is 11.8. The van der Waals surface area contributed by atoms with Crippen molar-refractivity contribution in [2.24, 2.45) is 0 Å². The van der Waals surface area contributed by atoms with Gasteiger partial charge in [0.1, 0.15) is 0 Å². The standard InChI is InChI=1S/C26H35N5O/c1-18(2)24-15-22(23-16-27-31(19(3)4)25(23)28-24)26(32)30-12-6-11-29(13-14-30)17-21-9-7-20(5)8-10-21/h7-10,15-16,18-19H,6,11-14,17H2,1-5H3. The Morgan fingerprint density at radius 1 is 1.03 bits per heavy atom. The molecule has 3 heterocycles. The summed E-state index contributed by atoms with van der Waals surface area (Å²) < 4.78 is 1.92. The third kappa shape index (κ3) is 4.70. The van der Waals surface area contributed by atoms with Gasteiger partial charge in [-0.3, -0.25) is 9.69 Å².